The minimum Gasteiger partial charge on any atom is -0.711 e. The summed E-state index contributed by atoms with van der Waals surface area (Å²) in [5, 5.41) is 0. The van der Waals surface area contributed by atoms with E-state index < -0.39 is 6.13 Å². The highest BCUT2D eigenvalue weighted by molar-refractivity contribution is 8.25. The lowest BCUT2D eigenvalue weighted by atomic mass is 15.9. The molecule has 1 nitrogen and oxygen atoms in total. The van der Waals surface area contributed by atoms with Crippen molar-refractivity contribution < 1.29 is 4.89 Å². The van der Waals surface area contributed by atoms with E-state index in [0.717, 1.165) is 0 Å². The smallest absolute Gasteiger partial charge is 0.288 e. The molecule has 0 amide bonds. The Morgan fingerprint density at radius 3 is 1.20 bits per heavy atom. The van der Waals surface area contributed by atoms with Crippen LogP contribution in [-0.2, 0) is 0 Å². The van der Waals surface area contributed by atoms with Gasteiger partial charge in [0.2, 0.25) is 0 Å². The van der Waals surface area contributed by atoms with Crippen LogP contribution in [0.3, 0.4) is 0 Å². The van der Waals surface area contributed by atoms with Gasteiger partial charge in [-0.3, -0.25) is 0 Å². The van der Waals surface area contributed by atoms with E-state index in [-0.39, 0.29) is 0 Å². The molecule has 0 rings (SSSR count). The van der Waals surface area contributed by atoms with Crippen molar-refractivity contribution in [1.29, 1.82) is 0 Å². The number of rotatable bonds is 0. The molecule has 0 saturated heterocycles. The second-order valence-electron chi connectivity index (χ2n) is 0.609. The molecule has 0 saturated carbocycles. The second kappa shape index (κ2) is 1.66. The molecule has 0 aromatic rings. The van der Waals surface area contributed by atoms with Crippen LogP contribution in [0.5, 0.6) is 0 Å². The molecule has 0 spiro atoms. The van der Waals surface area contributed by atoms with Gasteiger partial charge in [0.05, 0.1) is 0 Å². The first-order chi connectivity index (χ1) is 2.00. The van der Waals surface area contributed by atoms with Gasteiger partial charge >= 0.3 is 0 Å². The summed E-state index contributed by atoms with van der Waals surface area (Å²) in [7, 11) is 8.41. The average Bonchev–Trinajstić information content (AvgIpc) is 0.722. The maximum atomic E-state index is 9.96. The van der Waals surface area contributed by atoms with Crippen molar-refractivity contribution in [2.45, 2.75) is 0 Å². The highest BCUT2D eigenvalue weighted by Gasteiger charge is 1.99. The molecule has 5 heteroatoms. The summed E-state index contributed by atoms with van der Waals surface area (Å²) in [6, 6.07) is 0. The van der Waals surface area contributed by atoms with Crippen LogP contribution in [0.1, 0.15) is 0 Å². The Balaban J connectivity index is 3.02. The first-order valence-electron chi connectivity index (χ1n) is 0.853. The predicted molar refractivity (Wildman–Crippen MR) is 24.2 cm³/mol. The molecular formula is OPSi3. The molecule has 0 aliphatic rings. The molecule has 0 N–H and O–H groups in total. The van der Waals surface area contributed by atoms with Crippen LogP contribution >= 0.6 is 6.13 Å². The summed E-state index contributed by atoms with van der Waals surface area (Å²) in [5.41, 5.74) is 0. The molecule has 5 heavy (non-hydrogen) atoms. The van der Waals surface area contributed by atoms with Crippen molar-refractivity contribution >= 4 is 35.9 Å². The van der Waals surface area contributed by atoms with Gasteiger partial charge in [0.15, 0.2) is 0 Å². The predicted octanol–water partition coefficient (Wildman–Crippen LogP) is -1.47. The van der Waals surface area contributed by atoms with E-state index in [4.69, 9.17) is 0 Å². The summed E-state index contributed by atoms with van der Waals surface area (Å²) in [5.74, 6) is 0. The highest BCUT2D eigenvalue weighted by atomic mass is 31.8. The number of hydrogen-bond acceptors (Lipinski definition) is 1. The lowest BCUT2D eigenvalue weighted by Gasteiger charge is -2.11. The lowest BCUT2D eigenvalue weighted by molar-refractivity contribution is -0.152. The molecule has 0 heterocycles. The van der Waals surface area contributed by atoms with E-state index in [1.165, 1.54) is 0 Å². The molecule has 0 aliphatic carbocycles. The Kier molecular flexibility index (Phi) is 2.01. The van der Waals surface area contributed by atoms with Gasteiger partial charge in [-0.2, -0.15) is 6.13 Å². The molecule has 23 valence electrons. The fourth-order valence-electron chi connectivity index (χ4n) is 0. The van der Waals surface area contributed by atoms with Crippen molar-refractivity contribution in [3.05, 3.63) is 0 Å². The molecule has 0 atom stereocenters. The molecular weight excluding hydrogens is 131 g/mol. The normalized spacial score (nSPS) is 12.0. The van der Waals surface area contributed by atoms with Crippen molar-refractivity contribution in [3.8, 4) is 0 Å². The summed E-state index contributed by atoms with van der Waals surface area (Å²) < 4.78 is 0. The molecule has 0 fully saturated rings. The van der Waals surface area contributed by atoms with Crippen molar-refractivity contribution in [2.24, 2.45) is 0 Å². The molecule has 0 aromatic heterocycles. The Hall–Kier alpha value is 1.04. The van der Waals surface area contributed by atoms with Gasteiger partial charge in [-0.1, -0.05) is 0 Å². The van der Waals surface area contributed by atoms with Crippen molar-refractivity contribution in [3.63, 3.8) is 0 Å². The zero-order valence-corrected chi connectivity index (χ0v) is 6.25. The summed E-state index contributed by atoms with van der Waals surface area (Å²) in [6.45, 7) is 0. The third-order valence-electron chi connectivity index (χ3n) is 0. The van der Waals surface area contributed by atoms with Crippen LogP contribution < -0.4 is 4.89 Å². The fraction of sp³-hybridized carbons (Fsp3) is 0. The topological polar surface area (TPSA) is 23.1 Å². The fourth-order valence-corrected chi connectivity index (χ4v) is 0. The van der Waals surface area contributed by atoms with Crippen LogP contribution in [0.2, 0.25) is 0 Å². The molecule has 0 aliphatic heterocycles. The van der Waals surface area contributed by atoms with Crippen LogP contribution in [0.15, 0.2) is 0 Å². The first-order valence-corrected chi connectivity index (χ1v) is 6.59. The minimum absolute atomic E-state index is 2.22. The van der Waals surface area contributed by atoms with Gasteiger partial charge in [0.1, 0.15) is 0 Å². The first kappa shape index (κ1) is 6.04. The van der Waals surface area contributed by atoms with Crippen molar-refractivity contribution in [1.82, 2.24) is 0 Å². The van der Waals surface area contributed by atoms with Crippen LogP contribution in [0.4, 0.5) is 0 Å². The monoisotopic (exact) mass is 131 g/mol. The molecule has 0 bridgehead atoms. The number of hydrogen-bond donors (Lipinski definition) is 0. The van der Waals surface area contributed by atoms with Crippen LogP contribution in [0.25, 0.3) is 0 Å². The highest BCUT2D eigenvalue weighted by Crippen LogP contribution is 2.28. The lowest BCUT2D eigenvalue weighted by Crippen LogP contribution is -2.06. The zero-order valence-electron chi connectivity index (χ0n) is 2.36. The maximum Gasteiger partial charge on any atom is 0.288 e. The largest absolute Gasteiger partial charge is 0.711 e. The third kappa shape index (κ3) is 43.0. The maximum absolute atomic E-state index is 9.96. The van der Waals surface area contributed by atoms with Gasteiger partial charge in [-0.25, -0.2) is 0 Å². The van der Waals surface area contributed by atoms with E-state index in [1.807, 2.05) is 0 Å². The van der Waals surface area contributed by atoms with E-state index >= 15 is 0 Å². The molecule has 9 radical (unpaired) electrons. The second-order valence-corrected chi connectivity index (χ2v) is 11.5. The summed E-state index contributed by atoms with van der Waals surface area (Å²) >= 11 is 0. The van der Waals surface area contributed by atoms with Gasteiger partial charge in [0.25, 0.3) is 29.7 Å². The van der Waals surface area contributed by atoms with Gasteiger partial charge in [-0.15, -0.1) is 0 Å². The third-order valence-corrected chi connectivity index (χ3v) is 0. The Labute approximate surface area is 41.4 Å². The Morgan fingerprint density at radius 2 is 1.20 bits per heavy atom. The SMILES string of the molecule is [O-][P+]([Si])([Si])[Si]. The summed E-state index contributed by atoms with van der Waals surface area (Å²) in [4.78, 5) is 9.96. The van der Waals surface area contributed by atoms with Gasteiger partial charge in [-0.05, 0) is 0 Å². The van der Waals surface area contributed by atoms with Crippen molar-refractivity contribution in [2.75, 3.05) is 0 Å². The van der Waals surface area contributed by atoms with E-state index in [1.54, 1.807) is 0 Å². The molecule has 0 unspecified atom stereocenters. The summed E-state index contributed by atoms with van der Waals surface area (Å²) in [6.07, 6.45) is -2.22. The van der Waals surface area contributed by atoms with Gasteiger partial charge < -0.3 is 4.89 Å². The van der Waals surface area contributed by atoms with E-state index in [0.29, 0.717) is 0 Å². The standard InChI is InChI=1S/OPSi3/c1-2(3,4)5. The quantitative estimate of drug-likeness (QED) is 0.291. The minimum atomic E-state index is -2.22. The zero-order chi connectivity index (χ0) is 4.50. The van der Waals surface area contributed by atoms with E-state index in [2.05, 4.69) is 29.7 Å². The average molecular weight is 131 g/mol. The van der Waals surface area contributed by atoms with E-state index in [9.17, 15) is 4.89 Å². The Bertz CT molecular complexity index is 22.4. The molecule has 0 aromatic carbocycles. The van der Waals surface area contributed by atoms with Gasteiger partial charge in [0, 0.05) is 0 Å². The Morgan fingerprint density at radius 1 is 1.20 bits per heavy atom. The van der Waals surface area contributed by atoms with Crippen LogP contribution in [0, 0.1) is 0 Å². The van der Waals surface area contributed by atoms with Crippen LogP contribution in [-0.4, -0.2) is 29.7 Å².